The molecule has 12 amide bonds. The molecule has 0 radical (unpaired) electrons. The predicted molar refractivity (Wildman–Crippen MR) is 422 cm³/mol. The molecule has 2 aliphatic heterocycles. The molecule has 668 valence electrons. The summed E-state index contributed by atoms with van der Waals surface area (Å²) in [5.41, 5.74) is 1.94. The van der Waals surface area contributed by atoms with Gasteiger partial charge in [-0.2, -0.15) is 11.8 Å². The van der Waals surface area contributed by atoms with Crippen LogP contribution < -0.4 is 181 Å². The van der Waals surface area contributed by atoms with Gasteiger partial charge in [-0.1, -0.05) is 72.0 Å². The van der Waals surface area contributed by atoms with Gasteiger partial charge < -0.3 is 106 Å². The maximum atomic E-state index is 13.1. The Morgan fingerprint density at radius 2 is 0.952 bits per heavy atom. The van der Waals surface area contributed by atoms with E-state index in [1.807, 2.05) is 0 Å². The Bertz CT molecular complexity index is 3790. The number of allylic oxidation sites excluding steroid dienone is 1. The van der Waals surface area contributed by atoms with Crippen LogP contribution in [0, 0.1) is 46.3 Å². The van der Waals surface area contributed by atoms with E-state index in [1.54, 1.807) is 11.8 Å². The summed E-state index contributed by atoms with van der Waals surface area (Å²) in [7, 11) is 0. The third-order valence-corrected chi connectivity index (χ3v) is 25.7. The number of ether oxygens (including phenoxy) is 1. The first kappa shape index (κ1) is 114. The molecule has 0 aromatic rings. The van der Waals surface area contributed by atoms with E-state index in [9.17, 15) is 116 Å². The molecule has 6 rings (SSSR count). The van der Waals surface area contributed by atoms with Gasteiger partial charge in [-0.15, -0.1) is 0 Å². The van der Waals surface area contributed by atoms with Gasteiger partial charge in [0.25, 0.3) is 0 Å². The number of nitrogens with one attached hydrogen (secondary N) is 8. The fourth-order valence-corrected chi connectivity index (χ4v) is 19.4. The molecule has 4 aliphatic carbocycles. The fourth-order valence-electron chi connectivity index (χ4n) is 17.8. The molecular weight excluding hydrogens is 1680 g/mol. The number of fused-ring (bicyclic) bond motifs is 6. The van der Waals surface area contributed by atoms with E-state index in [2.05, 4.69) is 83.2 Å². The molecule has 0 aromatic heterocycles. The number of Topliss-reactive ketones (excluding diaryl/α,β-unsaturated/α-hetero) is 5. The number of aliphatic carboxylic acids is 4. The zero-order valence-electron chi connectivity index (χ0n) is 73.7. The molecule has 37 nitrogen and oxygen atoms in total. The van der Waals surface area contributed by atoms with Crippen LogP contribution in [0.2, 0.25) is 0 Å². The summed E-state index contributed by atoms with van der Waals surface area (Å²) >= 11 is 1.75. The van der Waals surface area contributed by atoms with Gasteiger partial charge in [0.2, 0.25) is 53.2 Å². The molecule has 6 aliphatic rings. The molecule has 2 heterocycles. The van der Waals surface area contributed by atoms with Gasteiger partial charge >= 0.3 is 130 Å². The number of thioether (sulfide) groups is 1. The molecule has 0 aromatic carbocycles. The van der Waals surface area contributed by atoms with Crippen LogP contribution >= 0.6 is 11.8 Å². The van der Waals surface area contributed by atoms with Gasteiger partial charge in [-0.25, -0.2) is 9.59 Å². The SMILES string of the molecule is CC(C)CCC[C@@H](C)[C@H]1CC[C@H]2[C@@H]3CC=C4C[C@@H](OC(=O)NCCCCC(=O)NCC(=O)CCC(=O)N(CC(=O)[O-])CC(=O)NCC(=O)CCC(=O)N(CC(=O)[O-])CC(=O)CCCNC(=O)CN(CC(=O)[O-])C(=O)CNC(=O)CCC(=O)CN(CC(=O)[O-])C(=O)CNC(=O)CCC(=O)CCCC[C@H]5SC[C@H]6NC(=O)N[C@H]65)CC[C@]4(C)[C@H]3CC[C@]12C.[Na+].[Na+].[Na+].[Na+]. The van der Waals surface area contributed by atoms with Crippen LogP contribution in [0.3, 0.4) is 0 Å². The summed E-state index contributed by atoms with van der Waals surface area (Å²) in [6.07, 6.45) is 13.2. The van der Waals surface area contributed by atoms with Crippen molar-refractivity contribution in [1.82, 2.24) is 62.1 Å². The summed E-state index contributed by atoms with van der Waals surface area (Å²) in [5, 5.41) is 66.2. The van der Waals surface area contributed by atoms with Crippen molar-refractivity contribution < 1.29 is 239 Å². The average molecular weight is 1800 g/mol. The van der Waals surface area contributed by atoms with Gasteiger partial charge in [0, 0.05) is 101 Å². The number of carboxylic acids is 4. The van der Waals surface area contributed by atoms with E-state index >= 15 is 0 Å². The van der Waals surface area contributed by atoms with Crippen LogP contribution in [0.15, 0.2) is 11.6 Å². The van der Waals surface area contributed by atoms with Crippen LogP contribution in [0.5, 0.6) is 0 Å². The standard InChI is InChI=1S/C82H124N12O25S.4Na/c1-50(2)12-10-13-51(3)60-24-25-61-59-23-18-52-36-58(30-32-81(52,4)62(59)31-33-82(60,61)5)119-80(118)84-34-9-8-17-65(100)85-37-54(96)22-29-71(106)93(47-76(113)114)44-69(104)86-38-55(97)21-28-70(105)91(45-74(109)110)41-56(98)15-11-35-83-68(103)43-94(48-77(115)116)73(108)40-88-67(102)27-20-57(99)42-92(46-75(111)112)72(107)39-87-66(101)26-19-53(95)14-6-7-16-64-78-63(49-120-64)89-79(117)90-78;;;;/h18,50-51,58-64,78H,6-17,19-49H2,1-5H3,(H,83,103)(H,84,118)(H,85,100)(H,86,104)(H,87,101)(H,88,102)(H,109,110)(H,111,112)(H,113,114)(H,115,116)(H2,89,90,117);;;;/q;4*+1/p-4/t51-,58+,59+,60-,61+,62+,63-,64-,78-,81+,82-;;;;/m1..../s1. The zero-order chi connectivity index (χ0) is 88.4. The minimum absolute atomic E-state index is 0. The van der Waals surface area contributed by atoms with E-state index in [0.717, 1.165) is 67.9 Å². The Kier molecular flexibility index (Phi) is 53.3. The molecule has 0 spiro atoms. The number of hydrogen-bond acceptors (Lipinski definition) is 26. The summed E-state index contributed by atoms with van der Waals surface area (Å²) < 4.78 is 5.92. The van der Waals surface area contributed by atoms with Crippen molar-refractivity contribution in [3.63, 3.8) is 0 Å². The van der Waals surface area contributed by atoms with Crippen LogP contribution in [0.25, 0.3) is 0 Å². The number of carbonyl (C=O) groups is 20. The number of amides is 12. The van der Waals surface area contributed by atoms with Crippen LogP contribution in [-0.2, 0) is 91.0 Å². The first-order valence-corrected chi connectivity index (χ1v) is 43.0. The van der Waals surface area contributed by atoms with Crippen molar-refractivity contribution in [2.75, 3.05) is 97.4 Å². The molecule has 2 saturated heterocycles. The number of nitrogens with zero attached hydrogens (tertiary/aromatic N) is 4. The van der Waals surface area contributed by atoms with E-state index in [-0.39, 0.29) is 211 Å². The number of hydrogen-bond donors (Lipinski definition) is 8. The van der Waals surface area contributed by atoms with Gasteiger partial charge in [-0.05, 0) is 123 Å². The largest absolute Gasteiger partial charge is 1.00 e. The molecule has 5 fully saturated rings. The Hall–Kier alpha value is -5.91. The molecule has 42 heteroatoms. The second kappa shape index (κ2) is 57.9. The Morgan fingerprint density at radius 1 is 0.468 bits per heavy atom. The Labute approximate surface area is 816 Å². The zero-order valence-corrected chi connectivity index (χ0v) is 82.5. The number of ketones is 5. The van der Waals surface area contributed by atoms with Crippen molar-refractivity contribution in [2.24, 2.45) is 46.3 Å². The summed E-state index contributed by atoms with van der Waals surface area (Å²) in [4.78, 5) is 251. The van der Waals surface area contributed by atoms with Crippen molar-refractivity contribution in [1.29, 1.82) is 0 Å². The van der Waals surface area contributed by atoms with Gasteiger partial charge in [0.05, 0.1) is 114 Å². The van der Waals surface area contributed by atoms with Crippen molar-refractivity contribution in [2.45, 2.75) is 238 Å². The molecular formula is C82H120N12Na4O25S. The number of urea groups is 1. The number of unbranched alkanes of at least 4 members (excludes halogenated alkanes) is 2. The topological polar surface area (TPSA) is 552 Å². The smallest absolute Gasteiger partial charge is 0.548 e. The first-order valence-electron chi connectivity index (χ1n) is 42.0. The molecule has 0 bridgehead atoms. The Morgan fingerprint density at radius 3 is 1.52 bits per heavy atom. The third kappa shape index (κ3) is 39.6. The van der Waals surface area contributed by atoms with E-state index in [1.165, 1.54) is 50.5 Å². The fraction of sp³-hybridized carbons (Fsp3) is 0.732. The van der Waals surface area contributed by atoms with Crippen LogP contribution in [-0.4, -0.2) is 258 Å². The van der Waals surface area contributed by atoms with E-state index in [0.29, 0.717) is 56.1 Å². The van der Waals surface area contributed by atoms with Crippen molar-refractivity contribution in [3.05, 3.63) is 11.6 Å². The van der Waals surface area contributed by atoms with E-state index < -0.39 is 223 Å². The quantitative estimate of drug-likeness (QED) is 0.0121. The van der Waals surface area contributed by atoms with Gasteiger partial charge in [-0.3, -0.25) is 67.1 Å². The summed E-state index contributed by atoms with van der Waals surface area (Å²) in [6, 6.07) is -0.0854. The molecule has 124 heavy (non-hydrogen) atoms. The minimum atomic E-state index is -1.81. The number of carbonyl (C=O) groups excluding carboxylic acids is 20. The molecule has 0 unspecified atom stereocenters. The molecule has 3 saturated carbocycles. The minimum Gasteiger partial charge on any atom is -0.548 e. The summed E-state index contributed by atoms with van der Waals surface area (Å²) in [5.74, 6) is -13.2. The molecule has 8 N–H and O–H groups in total. The average Bonchev–Trinajstić information content (AvgIpc) is 1.53. The summed E-state index contributed by atoms with van der Waals surface area (Å²) in [6.45, 7) is 1.49. The number of carboxylic acid groups (broad SMARTS) is 4. The first-order chi connectivity index (χ1) is 56.8. The maximum absolute atomic E-state index is 13.1. The predicted octanol–water partition coefficient (Wildman–Crippen LogP) is -14.3. The second-order valence-electron chi connectivity index (χ2n) is 33.6. The van der Waals surface area contributed by atoms with Gasteiger partial charge in [0.1, 0.15) is 11.9 Å². The maximum Gasteiger partial charge on any atom is 1.00 e. The van der Waals surface area contributed by atoms with Crippen molar-refractivity contribution in [3.8, 4) is 0 Å². The third-order valence-electron chi connectivity index (χ3n) is 24.2. The normalized spacial score (nSPS) is 21.2. The van der Waals surface area contributed by atoms with E-state index in [4.69, 9.17) is 4.74 Å². The number of rotatable bonds is 56. The second-order valence-corrected chi connectivity index (χ2v) is 34.8. The van der Waals surface area contributed by atoms with Crippen LogP contribution in [0.4, 0.5) is 9.59 Å². The van der Waals surface area contributed by atoms with Crippen LogP contribution in [0.1, 0.15) is 214 Å². The molecule has 11 atom stereocenters. The monoisotopic (exact) mass is 1800 g/mol. The Balaban J connectivity index is 0.0000130. The van der Waals surface area contributed by atoms with Gasteiger partial charge in [0.15, 0.2) is 23.1 Å². The number of alkyl carbamates (subject to hydrolysis) is 1. The van der Waals surface area contributed by atoms with Crippen molar-refractivity contribution >= 4 is 130 Å².